The first kappa shape index (κ1) is 16.3. The van der Waals surface area contributed by atoms with E-state index in [9.17, 15) is 4.79 Å². The molecule has 2 fully saturated rings. The van der Waals surface area contributed by atoms with E-state index in [-0.39, 0.29) is 5.91 Å². The molecule has 2 aliphatic rings. The van der Waals surface area contributed by atoms with Crippen LogP contribution < -0.4 is 4.74 Å². The summed E-state index contributed by atoms with van der Waals surface area (Å²) in [5.41, 5.74) is 1.07. The zero-order chi connectivity index (χ0) is 16.1. The largest absolute Gasteiger partial charge is 0.497 e. The second kappa shape index (κ2) is 7.82. The van der Waals surface area contributed by atoms with E-state index < -0.39 is 0 Å². The number of carbonyl (C=O) groups excluding carboxylic acids is 1. The van der Waals surface area contributed by atoms with Crippen LogP contribution in [0.3, 0.4) is 0 Å². The molecule has 1 atom stereocenters. The Balaban J connectivity index is 1.51. The molecule has 0 N–H and O–H groups in total. The Bertz CT molecular complexity index is 509. The minimum Gasteiger partial charge on any atom is -0.497 e. The molecule has 0 bridgehead atoms. The van der Waals surface area contributed by atoms with Crippen molar-refractivity contribution in [1.82, 2.24) is 9.80 Å². The zero-order valence-electron chi connectivity index (χ0n) is 14.2. The molecule has 0 radical (unpaired) electrons. The van der Waals surface area contributed by atoms with Crippen LogP contribution in [0.2, 0.25) is 0 Å². The van der Waals surface area contributed by atoms with Crippen molar-refractivity contribution in [3.63, 3.8) is 0 Å². The molecule has 126 valence electrons. The van der Waals surface area contributed by atoms with Crippen molar-refractivity contribution < 1.29 is 9.53 Å². The fraction of sp³-hybridized carbons (Fsp3) is 0.632. The molecule has 0 saturated carbocycles. The quantitative estimate of drug-likeness (QED) is 0.837. The Labute approximate surface area is 139 Å². The number of hydrogen-bond acceptors (Lipinski definition) is 3. The summed E-state index contributed by atoms with van der Waals surface area (Å²) < 4.78 is 5.17. The summed E-state index contributed by atoms with van der Waals surface area (Å²) in [5.74, 6) is 1.76. The molecule has 3 rings (SSSR count). The smallest absolute Gasteiger partial charge is 0.226 e. The van der Waals surface area contributed by atoms with Crippen molar-refractivity contribution in [2.24, 2.45) is 5.92 Å². The number of nitrogens with zero attached hydrogens (tertiary/aromatic N) is 2. The highest BCUT2D eigenvalue weighted by Crippen LogP contribution is 2.21. The van der Waals surface area contributed by atoms with Gasteiger partial charge < -0.3 is 14.5 Å². The Hall–Kier alpha value is -1.55. The second-order valence-electron chi connectivity index (χ2n) is 6.88. The number of benzene rings is 1. The van der Waals surface area contributed by atoms with Crippen molar-refractivity contribution in [1.29, 1.82) is 0 Å². The first-order valence-electron chi connectivity index (χ1n) is 8.87. The standard InChI is InChI=1S/C19H28N2O2/c1-23-18-8-6-16(7-9-18)13-19(22)21-12-4-5-17(15-21)14-20-10-2-3-11-20/h6-9,17H,2-5,10-15H2,1H3/t17-/m0/s1. The summed E-state index contributed by atoms with van der Waals surface area (Å²) in [6.07, 6.45) is 5.59. The molecule has 0 aromatic heterocycles. The van der Waals surface area contributed by atoms with Crippen LogP contribution in [0.25, 0.3) is 0 Å². The molecular formula is C19H28N2O2. The molecule has 1 aromatic rings. The van der Waals surface area contributed by atoms with E-state index in [1.54, 1.807) is 7.11 Å². The second-order valence-corrected chi connectivity index (χ2v) is 6.88. The highest BCUT2D eigenvalue weighted by atomic mass is 16.5. The van der Waals surface area contributed by atoms with Gasteiger partial charge in [0.1, 0.15) is 5.75 Å². The van der Waals surface area contributed by atoms with Gasteiger partial charge in [-0.25, -0.2) is 0 Å². The molecule has 4 nitrogen and oxygen atoms in total. The number of methoxy groups -OCH3 is 1. The van der Waals surface area contributed by atoms with Gasteiger partial charge in [0.05, 0.1) is 13.5 Å². The number of piperidine rings is 1. The predicted molar refractivity (Wildman–Crippen MR) is 91.7 cm³/mol. The Morgan fingerprint density at radius 1 is 1.13 bits per heavy atom. The maximum absolute atomic E-state index is 12.6. The summed E-state index contributed by atoms with van der Waals surface area (Å²) in [6.45, 7) is 5.52. The van der Waals surface area contributed by atoms with Gasteiger partial charge in [0.25, 0.3) is 0 Å². The van der Waals surface area contributed by atoms with Crippen LogP contribution in [0.1, 0.15) is 31.2 Å². The number of hydrogen-bond donors (Lipinski definition) is 0. The molecule has 4 heteroatoms. The number of amides is 1. The van der Waals surface area contributed by atoms with Gasteiger partial charge in [-0.2, -0.15) is 0 Å². The maximum atomic E-state index is 12.6. The molecule has 2 saturated heterocycles. The van der Waals surface area contributed by atoms with Crippen LogP contribution in [0.4, 0.5) is 0 Å². The number of rotatable bonds is 5. The van der Waals surface area contributed by atoms with E-state index in [4.69, 9.17) is 4.74 Å². The van der Waals surface area contributed by atoms with Crippen LogP contribution in [0.5, 0.6) is 5.75 Å². The third kappa shape index (κ3) is 4.47. The molecule has 0 unspecified atom stereocenters. The lowest BCUT2D eigenvalue weighted by molar-refractivity contribution is -0.132. The summed E-state index contributed by atoms with van der Waals surface area (Å²) in [6, 6.07) is 7.83. The number of ether oxygens (including phenoxy) is 1. The van der Waals surface area contributed by atoms with Crippen molar-refractivity contribution in [3.8, 4) is 5.75 Å². The summed E-state index contributed by atoms with van der Waals surface area (Å²) >= 11 is 0. The third-order valence-electron chi connectivity index (χ3n) is 5.10. The van der Waals surface area contributed by atoms with E-state index in [0.717, 1.165) is 30.8 Å². The minimum atomic E-state index is 0.265. The predicted octanol–water partition coefficient (Wildman–Crippen LogP) is 2.57. The van der Waals surface area contributed by atoms with Crippen molar-refractivity contribution in [2.45, 2.75) is 32.1 Å². The zero-order valence-corrected chi connectivity index (χ0v) is 14.2. The van der Waals surface area contributed by atoms with Crippen molar-refractivity contribution in [2.75, 3.05) is 39.8 Å². The van der Waals surface area contributed by atoms with E-state index in [1.165, 1.54) is 38.9 Å². The van der Waals surface area contributed by atoms with E-state index in [2.05, 4.69) is 9.80 Å². The van der Waals surface area contributed by atoms with Gasteiger partial charge >= 0.3 is 0 Å². The van der Waals surface area contributed by atoms with Crippen LogP contribution in [0.15, 0.2) is 24.3 Å². The molecular weight excluding hydrogens is 288 g/mol. The van der Waals surface area contributed by atoms with Gasteiger partial charge in [0.15, 0.2) is 0 Å². The molecule has 2 heterocycles. The van der Waals surface area contributed by atoms with Gasteiger partial charge in [-0.05, 0) is 62.4 Å². The summed E-state index contributed by atoms with van der Waals surface area (Å²) in [7, 11) is 1.66. The van der Waals surface area contributed by atoms with E-state index in [0.29, 0.717) is 12.3 Å². The minimum absolute atomic E-state index is 0.265. The van der Waals surface area contributed by atoms with Gasteiger partial charge in [-0.15, -0.1) is 0 Å². The van der Waals surface area contributed by atoms with E-state index >= 15 is 0 Å². The third-order valence-corrected chi connectivity index (χ3v) is 5.10. The van der Waals surface area contributed by atoms with Crippen LogP contribution in [-0.4, -0.2) is 55.5 Å². The Kier molecular flexibility index (Phi) is 5.55. The molecule has 0 spiro atoms. The maximum Gasteiger partial charge on any atom is 0.226 e. The lowest BCUT2D eigenvalue weighted by atomic mass is 9.97. The van der Waals surface area contributed by atoms with Crippen LogP contribution in [0, 0.1) is 5.92 Å². The Morgan fingerprint density at radius 2 is 1.87 bits per heavy atom. The Morgan fingerprint density at radius 3 is 2.57 bits per heavy atom. The summed E-state index contributed by atoms with van der Waals surface area (Å²) in [4.78, 5) is 17.2. The average Bonchev–Trinajstić information content (AvgIpc) is 3.09. The highest BCUT2D eigenvalue weighted by Gasteiger charge is 2.26. The fourth-order valence-corrected chi connectivity index (χ4v) is 3.80. The summed E-state index contributed by atoms with van der Waals surface area (Å²) in [5, 5.41) is 0. The first-order valence-corrected chi connectivity index (χ1v) is 8.87. The van der Waals surface area contributed by atoms with Gasteiger partial charge in [-0.1, -0.05) is 12.1 Å². The molecule has 1 amide bonds. The van der Waals surface area contributed by atoms with Gasteiger partial charge in [0.2, 0.25) is 5.91 Å². The molecule has 23 heavy (non-hydrogen) atoms. The monoisotopic (exact) mass is 316 g/mol. The molecule has 1 aromatic carbocycles. The number of carbonyl (C=O) groups is 1. The lowest BCUT2D eigenvalue weighted by Gasteiger charge is -2.34. The van der Waals surface area contributed by atoms with E-state index in [1.807, 2.05) is 24.3 Å². The number of likely N-dealkylation sites (tertiary alicyclic amines) is 2. The topological polar surface area (TPSA) is 32.8 Å². The first-order chi connectivity index (χ1) is 11.2. The van der Waals surface area contributed by atoms with Crippen LogP contribution >= 0.6 is 0 Å². The normalized spacial score (nSPS) is 22.3. The van der Waals surface area contributed by atoms with Gasteiger partial charge in [-0.3, -0.25) is 4.79 Å². The fourth-order valence-electron chi connectivity index (χ4n) is 3.80. The van der Waals surface area contributed by atoms with Crippen molar-refractivity contribution >= 4 is 5.91 Å². The SMILES string of the molecule is COc1ccc(CC(=O)N2CCC[C@@H](CN3CCCC3)C2)cc1. The van der Waals surface area contributed by atoms with Crippen molar-refractivity contribution in [3.05, 3.63) is 29.8 Å². The lowest BCUT2D eigenvalue weighted by Crippen LogP contribution is -2.43. The highest BCUT2D eigenvalue weighted by molar-refractivity contribution is 5.78. The molecule has 2 aliphatic heterocycles. The van der Waals surface area contributed by atoms with Gasteiger partial charge in [0, 0.05) is 19.6 Å². The molecule has 0 aliphatic carbocycles. The average molecular weight is 316 g/mol. The van der Waals surface area contributed by atoms with Crippen LogP contribution in [-0.2, 0) is 11.2 Å².